The predicted molar refractivity (Wildman–Crippen MR) is 137 cm³/mol. The first-order valence-corrected chi connectivity index (χ1v) is 12.8. The van der Waals surface area contributed by atoms with Gasteiger partial charge in [0.05, 0.1) is 25.3 Å². The largest absolute Gasteiger partial charge is 0.510 e. The van der Waals surface area contributed by atoms with Crippen molar-refractivity contribution in [2.24, 2.45) is 17.6 Å². The van der Waals surface area contributed by atoms with E-state index in [-0.39, 0.29) is 53.9 Å². The Morgan fingerprint density at radius 1 is 1.22 bits per heavy atom. The second kappa shape index (κ2) is 10.3. The number of carbonyl (C=O) groups excluding carboxylic acids is 3. The Morgan fingerprint density at radius 2 is 1.85 bits per heavy atom. The van der Waals surface area contributed by atoms with Crippen LogP contribution in [0.5, 0.6) is 11.5 Å². The third kappa shape index (κ3) is 4.73. The molecule has 41 heavy (non-hydrogen) atoms. The summed E-state index contributed by atoms with van der Waals surface area (Å²) in [5, 5.41) is 44.7. The molecular weight excluding hydrogens is 551 g/mol. The van der Waals surface area contributed by atoms with Crippen LogP contribution in [0.4, 0.5) is 13.2 Å². The van der Waals surface area contributed by atoms with Gasteiger partial charge in [-0.05, 0) is 45.5 Å². The van der Waals surface area contributed by atoms with Crippen LogP contribution in [0.2, 0.25) is 0 Å². The molecule has 1 aromatic rings. The number of amides is 1. The summed E-state index contributed by atoms with van der Waals surface area (Å²) < 4.78 is 44.8. The monoisotopic (exact) mass is 583 g/mol. The van der Waals surface area contributed by atoms with Crippen LogP contribution in [0.25, 0.3) is 0 Å². The first-order chi connectivity index (χ1) is 19.0. The predicted octanol–water partition coefficient (Wildman–Crippen LogP) is 1.51. The van der Waals surface area contributed by atoms with Gasteiger partial charge < -0.3 is 30.9 Å². The van der Waals surface area contributed by atoms with E-state index in [1.807, 2.05) is 0 Å². The van der Waals surface area contributed by atoms with Gasteiger partial charge in [0.25, 0.3) is 5.91 Å². The quantitative estimate of drug-likeness (QED) is 0.296. The van der Waals surface area contributed by atoms with E-state index in [9.17, 15) is 48.0 Å². The fraction of sp³-hybridized carbons (Fsp3) is 0.519. The number of hydrogen-bond acceptors (Lipinski definition) is 10. The van der Waals surface area contributed by atoms with Crippen molar-refractivity contribution >= 4 is 17.5 Å². The Morgan fingerprint density at radius 3 is 2.37 bits per heavy atom. The minimum atomic E-state index is -4.47. The number of carbonyl (C=O) groups is 3. The van der Waals surface area contributed by atoms with Gasteiger partial charge in [0.2, 0.25) is 5.78 Å². The zero-order valence-corrected chi connectivity index (χ0v) is 22.9. The van der Waals surface area contributed by atoms with E-state index in [1.54, 1.807) is 6.92 Å². The number of alkyl halides is 3. The van der Waals surface area contributed by atoms with E-state index in [0.29, 0.717) is 0 Å². The van der Waals surface area contributed by atoms with Gasteiger partial charge in [0.1, 0.15) is 28.6 Å². The van der Waals surface area contributed by atoms with Crippen LogP contribution in [-0.2, 0) is 22.6 Å². The normalized spacial score (nSPS) is 26.3. The van der Waals surface area contributed by atoms with Crippen molar-refractivity contribution in [3.63, 3.8) is 0 Å². The van der Waals surface area contributed by atoms with Crippen molar-refractivity contribution in [1.29, 1.82) is 0 Å². The first-order valence-electron chi connectivity index (χ1n) is 12.8. The number of phenols is 1. The minimum absolute atomic E-state index is 0.0351. The minimum Gasteiger partial charge on any atom is -0.510 e. The number of aromatic hydroxyl groups is 1. The zero-order valence-electron chi connectivity index (χ0n) is 22.9. The second-order valence-corrected chi connectivity index (χ2v) is 10.8. The Hall–Kier alpha value is -3.62. The van der Waals surface area contributed by atoms with Crippen molar-refractivity contribution in [1.82, 2.24) is 9.80 Å². The van der Waals surface area contributed by atoms with Crippen LogP contribution in [-0.4, -0.2) is 99.8 Å². The summed E-state index contributed by atoms with van der Waals surface area (Å²) in [4.78, 5) is 41.7. The number of Topliss-reactive ketones (excluding diaryl/α,β-unsaturated/α-hetero) is 2. The third-order valence-corrected chi connectivity index (χ3v) is 8.20. The van der Waals surface area contributed by atoms with Crippen LogP contribution < -0.4 is 10.5 Å². The van der Waals surface area contributed by atoms with E-state index in [2.05, 4.69) is 0 Å². The Labute approximate surface area is 233 Å². The van der Waals surface area contributed by atoms with Gasteiger partial charge in [-0.3, -0.25) is 24.2 Å². The van der Waals surface area contributed by atoms with E-state index >= 15 is 0 Å². The maximum absolute atomic E-state index is 13.8. The number of allylic oxidation sites excluding steroid dienone is 1. The molecule has 14 heteroatoms. The maximum Gasteiger partial charge on any atom is 0.401 e. The number of nitrogens with two attached hydrogens (primary N) is 1. The Balaban J connectivity index is 1.87. The van der Waals surface area contributed by atoms with Crippen molar-refractivity contribution in [2.75, 3.05) is 34.3 Å². The number of aliphatic hydroxyl groups is 3. The SMILES string of the molecule is CCN(Cc1cc(O)c2c(c1OC)C[C@H]1C[C@H]3[C@H](N(C)C)C(O)=C(C(N)=O)C(=O)[C@@]3(O)C(O)=C1C2=O)CC(F)(F)F. The molecular formula is C27H32F3N3O8. The standard InChI is InChI=1S/C27H32F3N3O8/c1-5-33(10-26(28,29)30)9-12-8-15(34)17-13(22(12)41-4)6-11-7-14-19(32(2)3)21(36)18(25(31)39)24(38)27(14,40)23(37)16(11)20(17)35/h8,11,14,19,34,36-37,40H,5-7,9-10H2,1-4H3,(H2,31,39)/t11-,14-,19-,27-/m0/s1. The number of rotatable bonds is 7. The second-order valence-electron chi connectivity index (χ2n) is 10.8. The molecule has 0 heterocycles. The molecule has 0 fully saturated rings. The van der Waals surface area contributed by atoms with Crippen LogP contribution >= 0.6 is 0 Å². The smallest absolute Gasteiger partial charge is 0.401 e. The number of hydrogen-bond donors (Lipinski definition) is 5. The van der Waals surface area contributed by atoms with Gasteiger partial charge in [-0.2, -0.15) is 13.2 Å². The molecule has 4 atom stereocenters. The molecule has 6 N–H and O–H groups in total. The molecule has 0 radical (unpaired) electrons. The molecule has 0 saturated heterocycles. The summed E-state index contributed by atoms with van der Waals surface area (Å²) in [5.41, 5.74) is 1.41. The lowest BCUT2D eigenvalue weighted by molar-refractivity contribution is -0.148. The summed E-state index contributed by atoms with van der Waals surface area (Å²) in [6.45, 7) is 0.120. The fourth-order valence-electron chi connectivity index (χ4n) is 6.51. The lowest BCUT2D eigenvalue weighted by Crippen LogP contribution is -2.63. The lowest BCUT2D eigenvalue weighted by atomic mass is 9.58. The molecule has 4 rings (SSSR count). The van der Waals surface area contributed by atoms with Gasteiger partial charge in [0, 0.05) is 29.2 Å². The fourth-order valence-corrected chi connectivity index (χ4v) is 6.51. The molecule has 0 aromatic heterocycles. The first kappa shape index (κ1) is 30.3. The molecule has 3 aliphatic carbocycles. The van der Waals surface area contributed by atoms with Gasteiger partial charge in [-0.25, -0.2) is 0 Å². The van der Waals surface area contributed by atoms with Crippen molar-refractivity contribution < 1.29 is 52.7 Å². The molecule has 0 spiro atoms. The molecule has 0 unspecified atom stereocenters. The molecule has 0 saturated carbocycles. The zero-order chi connectivity index (χ0) is 30.8. The highest BCUT2D eigenvalue weighted by atomic mass is 19.4. The number of primary amides is 1. The maximum atomic E-state index is 13.8. The number of ether oxygens (including phenoxy) is 1. The molecule has 3 aliphatic rings. The van der Waals surface area contributed by atoms with Gasteiger partial charge in [0.15, 0.2) is 11.4 Å². The Bertz CT molecular complexity index is 1390. The summed E-state index contributed by atoms with van der Waals surface area (Å²) in [6, 6.07) is -0.0327. The lowest BCUT2D eigenvalue weighted by Gasteiger charge is -2.50. The number of fused-ring (bicyclic) bond motifs is 3. The summed E-state index contributed by atoms with van der Waals surface area (Å²) in [7, 11) is 4.31. The van der Waals surface area contributed by atoms with E-state index in [0.717, 1.165) is 11.0 Å². The number of likely N-dealkylation sites (N-methyl/N-ethyl adjacent to an activating group) is 1. The van der Waals surface area contributed by atoms with Crippen molar-refractivity contribution in [2.45, 2.75) is 44.1 Å². The molecule has 1 aromatic carbocycles. The van der Waals surface area contributed by atoms with Crippen molar-refractivity contribution in [3.8, 4) is 11.5 Å². The molecule has 11 nitrogen and oxygen atoms in total. The van der Waals surface area contributed by atoms with Gasteiger partial charge >= 0.3 is 6.18 Å². The van der Waals surface area contributed by atoms with Gasteiger partial charge in [-0.15, -0.1) is 0 Å². The topological polar surface area (TPSA) is 174 Å². The summed E-state index contributed by atoms with van der Waals surface area (Å²) >= 11 is 0. The highest BCUT2D eigenvalue weighted by molar-refractivity contribution is 6.24. The molecule has 0 bridgehead atoms. The van der Waals surface area contributed by atoms with E-state index in [1.165, 1.54) is 26.1 Å². The highest BCUT2D eigenvalue weighted by Gasteiger charge is 2.63. The van der Waals surface area contributed by atoms with E-state index < -0.39 is 76.5 Å². The van der Waals surface area contributed by atoms with Crippen LogP contribution in [0, 0.1) is 11.8 Å². The number of benzene rings is 1. The average Bonchev–Trinajstić information content (AvgIpc) is 2.84. The van der Waals surface area contributed by atoms with E-state index in [4.69, 9.17) is 10.5 Å². The average molecular weight is 584 g/mol. The van der Waals surface area contributed by atoms with Crippen LogP contribution in [0.15, 0.2) is 28.7 Å². The molecule has 1 amide bonds. The van der Waals surface area contributed by atoms with Crippen LogP contribution in [0.3, 0.4) is 0 Å². The number of aliphatic hydroxyl groups excluding tert-OH is 2. The number of ketones is 2. The Kier molecular flexibility index (Phi) is 7.65. The number of methoxy groups -OCH3 is 1. The number of phenolic OH excluding ortho intramolecular Hbond substituents is 1. The highest BCUT2D eigenvalue weighted by Crippen LogP contribution is 2.53. The number of nitrogens with zero attached hydrogens (tertiary/aromatic N) is 2. The summed E-state index contributed by atoms with van der Waals surface area (Å²) in [5.74, 6) is -7.84. The third-order valence-electron chi connectivity index (χ3n) is 8.20. The van der Waals surface area contributed by atoms with Gasteiger partial charge in [-0.1, -0.05) is 6.92 Å². The number of halogens is 3. The van der Waals surface area contributed by atoms with Crippen molar-refractivity contribution in [3.05, 3.63) is 45.4 Å². The molecule has 0 aliphatic heterocycles. The van der Waals surface area contributed by atoms with Crippen LogP contribution in [0.1, 0.15) is 34.8 Å². The summed E-state index contributed by atoms with van der Waals surface area (Å²) in [6.07, 6.45) is -4.65. The molecule has 224 valence electrons.